The van der Waals surface area contributed by atoms with Crippen LogP contribution in [0.25, 0.3) is 0 Å². The molecule has 1 aromatic rings. The number of aromatic amines is 1. The van der Waals surface area contributed by atoms with E-state index in [0.717, 1.165) is 30.7 Å². The summed E-state index contributed by atoms with van der Waals surface area (Å²) in [6.07, 6.45) is 4.62. The number of aliphatic hydroxyl groups excluding tert-OH is 1. The van der Waals surface area contributed by atoms with Crippen LogP contribution in [0.3, 0.4) is 0 Å². The summed E-state index contributed by atoms with van der Waals surface area (Å²) in [4.78, 5) is 21.4. The van der Waals surface area contributed by atoms with Crippen LogP contribution in [0.15, 0.2) is 6.33 Å². The Balaban J connectivity index is 1.68. The van der Waals surface area contributed by atoms with E-state index in [1.807, 2.05) is 0 Å². The van der Waals surface area contributed by atoms with Gasteiger partial charge in [0.1, 0.15) is 0 Å². The Morgan fingerprint density at radius 2 is 2.41 bits per heavy atom. The lowest BCUT2D eigenvalue weighted by Gasteiger charge is -2.25. The minimum atomic E-state index is -0.328. The van der Waals surface area contributed by atoms with Crippen molar-refractivity contribution < 1.29 is 9.90 Å². The van der Waals surface area contributed by atoms with Gasteiger partial charge >= 0.3 is 0 Å². The number of carbonyl (C=O) groups is 1. The molecule has 0 aromatic carbocycles. The summed E-state index contributed by atoms with van der Waals surface area (Å²) in [6.45, 7) is 1.21. The molecule has 2 heterocycles. The van der Waals surface area contributed by atoms with Crippen LogP contribution < -0.4 is 0 Å². The number of hydrogen-bond acceptors (Lipinski definition) is 3. The molecule has 2 aliphatic rings. The minimum absolute atomic E-state index is 0.0632. The Bertz CT molecular complexity index is 429. The number of fused-ring (bicyclic) bond motifs is 1. The quantitative estimate of drug-likeness (QED) is 0.725. The summed E-state index contributed by atoms with van der Waals surface area (Å²) in [5.41, 5.74) is 2.21. The molecule has 2 unspecified atom stereocenters. The molecule has 92 valence electrons. The van der Waals surface area contributed by atoms with Crippen molar-refractivity contribution >= 4 is 5.91 Å². The lowest BCUT2D eigenvalue weighted by atomic mass is 9.89. The molecule has 2 N–H and O–H groups in total. The second-order valence-corrected chi connectivity index (χ2v) is 4.99. The summed E-state index contributed by atoms with van der Waals surface area (Å²) < 4.78 is 0. The van der Waals surface area contributed by atoms with Crippen LogP contribution in [0, 0.1) is 5.92 Å². The molecule has 1 amide bonds. The molecule has 3 rings (SSSR count). The number of nitrogens with zero attached hydrogens (tertiary/aromatic N) is 2. The predicted octanol–water partition coefficient (Wildman–Crippen LogP) is 0.108. The van der Waals surface area contributed by atoms with E-state index in [9.17, 15) is 9.90 Å². The van der Waals surface area contributed by atoms with Crippen molar-refractivity contribution in [2.24, 2.45) is 5.92 Å². The van der Waals surface area contributed by atoms with Crippen molar-refractivity contribution in [2.45, 2.75) is 31.8 Å². The van der Waals surface area contributed by atoms with Crippen molar-refractivity contribution in [1.82, 2.24) is 14.9 Å². The monoisotopic (exact) mass is 235 g/mol. The Morgan fingerprint density at radius 3 is 3.18 bits per heavy atom. The zero-order chi connectivity index (χ0) is 11.8. The summed E-state index contributed by atoms with van der Waals surface area (Å²) in [5.74, 6) is 0.259. The molecule has 2 atom stereocenters. The standard InChI is InChI=1S/C12H17N3O2/c16-9-3-4-15(6-9)12(17)8-1-2-10-11(5-8)14-7-13-10/h7-9,16H,1-6H2,(H,13,14). The number of amides is 1. The lowest BCUT2D eigenvalue weighted by molar-refractivity contribution is -0.135. The SMILES string of the molecule is O=C(C1CCc2nc[nH]c2C1)N1CCC(O)C1. The molecule has 1 aromatic heterocycles. The molecule has 0 saturated carbocycles. The van der Waals surface area contributed by atoms with E-state index in [4.69, 9.17) is 0 Å². The van der Waals surface area contributed by atoms with Gasteiger partial charge in [-0.3, -0.25) is 4.79 Å². The van der Waals surface area contributed by atoms with Gasteiger partial charge in [-0.05, 0) is 19.3 Å². The second kappa shape index (κ2) is 4.14. The van der Waals surface area contributed by atoms with Gasteiger partial charge in [0.25, 0.3) is 0 Å². The minimum Gasteiger partial charge on any atom is -0.391 e. The number of nitrogens with one attached hydrogen (secondary N) is 1. The van der Waals surface area contributed by atoms with Crippen LogP contribution in [-0.2, 0) is 17.6 Å². The highest BCUT2D eigenvalue weighted by Gasteiger charge is 2.32. The first-order chi connectivity index (χ1) is 8.24. The number of aromatic nitrogens is 2. The molecule has 1 saturated heterocycles. The van der Waals surface area contributed by atoms with E-state index in [0.29, 0.717) is 19.5 Å². The van der Waals surface area contributed by atoms with Gasteiger partial charge in [-0.1, -0.05) is 0 Å². The van der Waals surface area contributed by atoms with Gasteiger partial charge in [0.2, 0.25) is 5.91 Å². The molecular weight excluding hydrogens is 218 g/mol. The van der Waals surface area contributed by atoms with Gasteiger partial charge in [-0.15, -0.1) is 0 Å². The molecule has 0 spiro atoms. The number of hydrogen-bond donors (Lipinski definition) is 2. The topological polar surface area (TPSA) is 69.2 Å². The molecule has 5 heteroatoms. The first kappa shape index (κ1) is 10.8. The average molecular weight is 235 g/mol. The third kappa shape index (κ3) is 1.95. The van der Waals surface area contributed by atoms with Crippen LogP contribution in [0.5, 0.6) is 0 Å². The molecule has 1 aliphatic heterocycles. The fraction of sp³-hybridized carbons (Fsp3) is 0.667. The highest BCUT2D eigenvalue weighted by atomic mass is 16.3. The largest absolute Gasteiger partial charge is 0.391 e. The molecule has 1 aliphatic carbocycles. The molecule has 5 nitrogen and oxygen atoms in total. The maximum Gasteiger partial charge on any atom is 0.226 e. The molecule has 0 radical (unpaired) electrons. The maximum absolute atomic E-state index is 12.3. The summed E-state index contributed by atoms with van der Waals surface area (Å²) in [6, 6.07) is 0. The number of rotatable bonds is 1. The highest BCUT2D eigenvalue weighted by Crippen LogP contribution is 2.25. The van der Waals surface area contributed by atoms with Crippen LogP contribution in [0.2, 0.25) is 0 Å². The van der Waals surface area contributed by atoms with Crippen LogP contribution >= 0.6 is 0 Å². The summed E-state index contributed by atoms with van der Waals surface area (Å²) >= 11 is 0. The zero-order valence-electron chi connectivity index (χ0n) is 9.72. The fourth-order valence-corrected chi connectivity index (χ4v) is 2.81. The van der Waals surface area contributed by atoms with E-state index in [-0.39, 0.29) is 17.9 Å². The lowest BCUT2D eigenvalue weighted by Crippen LogP contribution is -2.37. The summed E-state index contributed by atoms with van der Waals surface area (Å²) in [7, 11) is 0. The Labute approximate surface area is 99.8 Å². The number of imidazole rings is 1. The third-order valence-electron chi connectivity index (χ3n) is 3.81. The zero-order valence-corrected chi connectivity index (χ0v) is 9.72. The predicted molar refractivity (Wildman–Crippen MR) is 61.3 cm³/mol. The van der Waals surface area contributed by atoms with E-state index < -0.39 is 0 Å². The Hall–Kier alpha value is -1.36. The number of β-amino-alcohol motifs (C(OH)–C–C–N with tert-alkyl or cyclic N) is 1. The van der Waals surface area contributed by atoms with Gasteiger partial charge in [-0.2, -0.15) is 0 Å². The molecule has 1 fully saturated rings. The first-order valence-electron chi connectivity index (χ1n) is 6.22. The van der Waals surface area contributed by atoms with Crippen LogP contribution in [-0.4, -0.2) is 45.1 Å². The van der Waals surface area contributed by atoms with Crippen molar-refractivity contribution in [1.29, 1.82) is 0 Å². The van der Waals surface area contributed by atoms with E-state index in [1.165, 1.54) is 0 Å². The van der Waals surface area contributed by atoms with Gasteiger partial charge < -0.3 is 15.0 Å². The Kier molecular flexibility index (Phi) is 2.63. The molecule has 17 heavy (non-hydrogen) atoms. The molecule has 0 bridgehead atoms. The van der Waals surface area contributed by atoms with Crippen LogP contribution in [0.4, 0.5) is 0 Å². The first-order valence-corrected chi connectivity index (χ1v) is 6.22. The number of carbonyl (C=O) groups excluding carboxylic acids is 1. The maximum atomic E-state index is 12.3. The van der Waals surface area contributed by atoms with Gasteiger partial charge in [-0.25, -0.2) is 4.98 Å². The smallest absolute Gasteiger partial charge is 0.226 e. The number of H-pyrrole nitrogens is 1. The van der Waals surface area contributed by atoms with Gasteiger partial charge in [0, 0.05) is 31.1 Å². The summed E-state index contributed by atoms with van der Waals surface area (Å²) in [5, 5.41) is 9.46. The molecular formula is C12H17N3O2. The normalized spacial score (nSPS) is 28.2. The van der Waals surface area contributed by atoms with Crippen molar-refractivity contribution in [2.75, 3.05) is 13.1 Å². The Morgan fingerprint density at radius 1 is 1.53 bits per heavy atom. The van der Waals surface area contributed by atoms with E-state index >= 15 is 0 Å². The number of likely N-dealkylation sites (tertiary alicyclic amines) is 1. The third-order valence-corrected chi connectivity index (χ3v) is 3.81. The second-order valence-electron chi connectivity index (χ2n) is 4.99. The van der Waals surface area contributed by atoms with Crippen LogP contribution in [0.1, 0.15) is 24.2 Å². The van der Waals surface area contributed by atoms with E-state index in [2.05, 4.69) is 9.97 Å². The average Bonchev–Trinajstić information content (AvgIpc) is 2.95. The number of aliphatic hydroxyl groups is 1. The van der Waals surface area contributed by atoms with Crippen molar-refractivity contribution in [3.8, 4) is 0 Å². The number of aryl methyl sites for hydroxylation is 1. The fourth-order valence-electron chi connectivity index (χ4n) is 2.81. The van der Waals surface area contributed by atoms with Crippen molar-refractivity contribution in [3.63, 3.8) is 0 Å². The highest BCUT2D eigenvalue weighted by molar-refractivity contribution is 5.79. The van der Waals surface area contributed by atoms with Gasteiger partial charge in [0.05, 0.1) is 18.1 Å². The van der Waals surface area contributed by atoms with Gasteiger partial charge in [0.15, 0.2) is 0 Å². The van der Waals surface area contributed by atoms with Crippen molar-refractivity contribution in [3.05, 3.63) is 17.7 Å². The van der Waals surface area contributed by atoms with E-state index in [1.54, 1.807) is 11.2 Å².